The molecule has 16 heavy (non-hydrogen) atoms. The predicted octanol–water partition coefficient (Wildman–Crippen LogP) is 3.01. The van der Waals surface area contributed by atoms with Crippen LogP contribution in [0.3, 0.4) is 0 Å². The Balaban J connectivity index is 2.57. The summed E-state index contributed by atoms with van der Waals surface area (Å²) >= 11 is 3.71. The topological polar surface area (TPSA) is 17.0 Å². The van der Waals surface area contributed by atoms with Gasteiger partial charge >= 0.3 is 0 Å². The van der Waals surface area contributed by atoms with Gasteiger partial charge in [-0.3, -0.25) is 0 Å². The zero-order valence-electron chi connectivity index (χ0n) is 9.97. The van der Waals surface area contributed by atoms with Gasteiger partial charge in [0.15, 0.2) is 0 Å². The predicted molar refractivity (Wildman–Crippen MR) is 73.0 cm³/mol. The fourth-order valence-corrected chi connectivity index (χ4v) is 2.87. The summed E-state index contributed by atoms with van der Waals surface area (Å²) in [5.41, 5.74) is 3.97. The molecule has 0 atom stereocenters. The first-order valence-corrected chi connectivity index (χ1v) is 6.32. The van der Waals surface area contributed by atoms with Gasteiger partial charge in [-0.15, -0.1) is 0 Å². The molecule has 0 aliphatic rings. The molecule has 0 fully saturated rings. The molecule has 0 radical (unpaired) electrons. The lowest BCUT2D eigenvalue weighted by Gasteiger charge is -2.04. The third-order valence-corrected chi connectivity index (χ3v) is 3.91. The SMILES string of the molecule is CNCCc1c(Br)c2ccc(C)cc2n1C. The van der Waals surface area contributed by atoms with E-state index in [4.69, 9.17) is 0 Å². The zero-order chi connectivity index (χ0) is 11.7. The molecule has 2 rings (SSSR count). The Labute approximate surface area is 105 Å². The van der Waals surface area contributed by atoms with E-state index >= 15 is 0 Å². The third kappa shape index (κ3) is 1.89. The molecule has 86 valence electrons. The number of benzene rings is 1. The molecule has 3 heteroatoms. The van der Waals surface area contributed by atoms with Crippen molar-refractivity contribution in [3.8, 4) is 0 Å². The van der Waals surface area contributed by atoms with E-state index < -0.39 is 0 Å². The highest BCUT2D eigenvalue weighted by Gasteiger charge is 2.12. The van der Waals surface area contributed by atoms with Crippen LogP contribution in [0, 0.1) is 6.92 Å². The fourth-order valence-electron chi connectivity index (χ4n) is 2.07. The number of aromatic nitrogens is 1. The highest BCUT2D eigenvalue weighted by atomic mass is 79.9. The van der Waals surface area contributed by atoms with Crippen molar-refractivity contribution < 1.29 is 0 Å². The molecular weight excluding hydrogens is 264 g/mol. The van der Waals surface area contributed by atoms with Gasteiger partial charge in [0.2, 0.25) is 0 Å². The van der Waals surface area contributed by atoms with E-state index in [0.29, 0.717) is 0 Å². The van der Waals surface area contributed by atoms with Crippen LogP contribution >= 0.6 is 15.9 Å². The van der Waals surface area contributed by atoms with Crippen molar-refractivity contribution in [2.75, 3.05) is 13.6 Å². The standard InChI is InChI=1S/C13H17BrN2/c1-9-4-5-10-12(8-9)16(3)11(13(10)14)6-7-15-2/h4-5,8,15H,6-7H2,1-3H3. The summed E-state index contributed by atoms with van der Waals surface area (Å²) in [5.74, 6) is 0. The summed E-state index contributed by atoms with van der Waals surface area (Å²) in [5, 5.41) is 4.50. The fraction of sp³-hybridized carbons (Fsp3) is 0.385. The highest BCUT2D eigenvalue weighted by molar-refractivity contribution is 9.10. The van der Waals surface area contributed by atoms with Gasteiger partial charge in [-0.2, -0.15) is 0 Å². The molecule has 1 aromatic carbocycles. The van der Waals surface area contributed by atoms with Crippen molar-refractivity contribution in [3.05, 3.63) is 33.9 Å². The van der Waals surface area contributed by atoms with E-state index in [-0.39, 0.29) is 0 Å². The van der Waals surface area contributed by atoms with Gasteiger partial charge in [0.1, 0.15) is 0 Å². The van der Waals surface area contributed by atoms with E-state index in [1.165, 1.54) is 26.6 Å². The first-order valence-electron chi connectivity index (χ1n) is 5.53. The first kappa shape index (κ1) is 11.7. The molecule has 0 unspecified atom stereocenters. The molecule has 2 nitrogen and oxygen atoms in total. The Morgan fingerprint density at radius 2 is 2.12 bits per heavy atom. The van der Waals surface area contributed by atoms with Crippen LogP contribution in [0.5, 0.6) is 0 Å². The van der Waals surface area contributed by atoms with Crippen LogP contribution in [0.25, 0.3) is 10.9 Å². The van der Waals surface area contributed by atoms with E-state index in [9.17, 15) is 0 Å². The maximum atomic E-state index is 3.71. The molecule has 0 saturated carbocycles. The summed E-state index contributed by atoms with van der Waals surface area (Å²) < 4.78 is 3.52. The number of rotatable bonds is 3. The number of fused-ring (bicyclic) bond motifs is 1. The second-order valence-corrected chi connectivity index (χ2v) is 4.99. The van der Waals surface area contributed by atoms with E-state index in [0.717, 1.165) is 13.0 Å². The average molecular weight is 281 g/mol. The molecule has 0 aliphatic carbocycles. The molecule has 0 amide bonds. The van der Waals surface area contributed by atoms with Gasteiger partial charge in [0, 0.05) is 41.1 Å². The Kier molecular flexibility index (Phi) is 3.36. The summed E-state index contributed by atoms with van der Waals surface area (Å²) in [6, 6.07) is 6.59. The van der Waals surface area contributed by atoms with Gasteiger partial charge < -0.3 is 9.88 Å². The van der Waals surface area contributed by atoms with Crippen molar-refractivity contribution in [2.45, 2.75) is 13.3 Å². The summed E-state index contributed by atoms with van der Waals surface area (Å²) in [6.45, 7) is 3.13. The van der Waals surface area contributed by atoms with Crippen LogP contribution in [0.1, 0.15) is 11.3 Å². The van der Waals surface area contributed by atoms with Crippen LogP contribution in [0.2, 0.25) is 0 Å². The van der Waals surface area contributed by atoms with Crippen molar-refractivity contribution in [2.24, 2.45) is 7.05 Å². The van der Waals surface area contributed by atoms with Crippen LogP contribution in [0.15, 0.2) is 22.7 Å². The van der Waals surface area contributed by atoms with Gasteiger partial charge in [-0.25, -0.2) is 0 Å². The smallest absolute Gasteiger partial charge is 0.0494 e. The Morgan fingerprint density at radius 1 is 1.38 bits per heavy atom. The Morgan fingerprint density at radius 3 is 2.81 bits per heavy atom. The summed E-state index contributed by atoms with van der Waals surface area (Å²) in [4.78, 5) is 0. The van der Waals surface area contributed by atoms with Crippen LogP contribution < -0.4 is 5.32 Å². The van der Waals surface area contributed by atoms with Crippen LogP contribution in [0.4, 0.5) is 0 Å². The van der Waals surface area contributed by atoms with Crippen LogP contribution in [-0.4, -0.2) is 18.2 Å². The van der Waals surface area contributed by atoms with Gasteiger partial charge in [0.25, 0.3) is 0 Å². The molecule has 0 spiro atoms. The minimum absolute atomic E-state index is 1.00. The molecule has 1 heterocycles. The van der Waals surface area contributed by atoms with Gasteiger partial charge in [-0.1, -0.05) is 12.1 Å². The van der Waals surface area contributed by atoms with E-state index in [1.807, 2.05) is 7.05 Å². The lowest BCUT2D eigenvalue weighted by molar-refractivity contribution is 0.743. The number of hydrogen-bond acceptors (Lipinski definition) is 1. The van der Waals surface area contributed by atoms with Gasteiger partial charge in [-0.05, 0) is 41.5 Å². The molecule has 2 aromatic rings. The average Bonchev–Trinajstić information content (AvgIpc) is 2.50. The number of likely N-dealkylation sites (N-methyl/N-ethyl adjacent to an activating group) is 1. The number of nitrogens with zero attached hydrogens (tertiary/aromatic N) is 1. The van der Waals surface area contributed by atoms with E-state index in [2.05, 4.69) is 58.0 Å². The van der Waals surface area contributed by atoms with Crippen molar-refractivity contribution >= 4 is 26.8 Å². The minimum atomic E-state index is 1.00. The number of aryl methyl sites for hydroxylation is 2. The van der Waals surface area contributed by atoms with Crippen molar-refractivity contribution in [1.82, 2.24) is 9.88 Å². The van der Waals surface area contributed by atoms with Crippen molar-refractivity contribution in [1.29, 1.82) is 0 Å². The largest absolute Gasteiger partial charge is 0.346 e. The number of nitrogens with one attached hydrogen (secondary N) is 1. The quantitative estimate of drug-likeness (QED) is 0.915. The number of halogens is 1. The molecular formula is C13H17BrN2. The monoisotopic (exact) mass is 280 g/mol. The Bertz CT molecular complexity index is 514. The van der Waals surface area contributed by atoms with Gasteiger partial charge in [0.05, 0.1) is 0 Å². The lowest BCUT2D eigenvalue weighted by Crippen LogP contribution is -2.12. The molecule has 0 aliphatic heterocycles. The normalized spacial score (nSPS) is 11.2. The second-order valence-electron chi connectivity index (χ2n) is 4.19. The lowest BCUT2D eigenvalue weighted by atomic mass is 10.2. The third-order valence-electron chi connectivity index (χ3n) is 3.02. The minimum Gasteiger partial charge on any atom is -0.346 e. The maximum absolute atomic E-state index is 3.71. The molecule has 1 aromatic heterocycles. The zero-order valence-corrected chi connectivity index (χ0v) is 11.6. The Hall–Kier alpha value is -0.800. The van der Waals surface area contributed by atoms with Crippen molar-refractivity contribution in [3.63, 3.8) is 0 Å². The number of hydrogen-bond donors (Lipinski definition) is 1. The van der Waals surface area contributed by atoms with E-state index in [1.54, 1.807) is 0 Å². The molecule has 1 N–H and O–H groups in total. The maximum Gasteiger partial charge on any atom is 0.0494 e. The molecule has 0 bridgehead atoms. The van der Waals surface area contributed by atoms with Crippen LogP contribution in [-0.2, 0) is 13.5 Å². The second kappa shape index (κ2) is 4.60. The highest BCUT2D eigenvalue weighted by Crippen LogP contribution is 2.31. The summed E-state index contributed by atoms with van der Waals surface area (Å²) in [6.07, 6.45) is 1.04. The molecule has 0 saturated heterocycles. The first-order chi connectivity index (χ1) is 7.65. The summed E-state index contributed by atoms with van der Waals surface area (Å²) in [7, 11) is 4.12.